The van der Waals surface area contributed by atoms with Gasteiger partial charge in [-0.15, -0.1) is 0 Å². The van der Waals surface area contributed by atoms with Crippen LogP contribution in [-0.4, -0.2) is 29.6 Å². The van der Waals surface area contributed by atoms with Crippen LogP contribution < -0.4 is 5.32 Å². The first kappa shape index (κ1) is 14.3. The van der Waals surface area contributed by atoms with Crippen LogP contribution in [0.5, 0.6) is 0 Å². The van der Waals surface area contributed by atoms with Gasteiger partial charge in [-0.25, -0.2) is 0 Å². The van der Waals surface area contributed by atoms with Crippen LogP contribution in [0.1, 0.15) is 35.9 Å². The standard InChI is InChI=1S/C13H20N2O3/c1-4-18-12(16)6-5-9-14-13(17)11-8-7-10(2)15(11)3/h7-8H,4-6,9H2,1-3H3,(H,14,17). The highest BCUT2D eigenvalue weighted by atomic mass is 16.5. The molecule has 1 aromatic heterocycles. The molecular weight excluding hydrogens is 232 g/mol. The quantitative estimate of drug-likeness (QED) is 0.615. The van der Waals surface area contributed by atoms with Crippen molar-refractivity contribution >= 4 is 11.9 Å². The van der Waals surface area contributed by atoms with Gasteiger partial charge in [0.25, 0.3) is 5.91 Å². The molecule has 18 heavy (non-hydrogen) atoms. The number of hydrogen-bond acceptors (Lipinski definition) is 3. The highest BCUT2D eigenvalue weighted by molar-refractivity contribution is 5.92. The molecule has 1 rings (SSSR count). The maximum absolute atomic E-state index is 11.8. The van der Waals surface area contributed by atoms with Crippen LogP contribution in [0.3, 0.4) is 0 Å². The molecule has 0 atom stereocenters. The van der Waals surface area contributed by atoms with E-state index >= 15 is 0 Å². The van der Waals surface area contributed by atoms with Crippen molar-refractivity contribution in [2.24, 2.45) is 7.05 Å². The second kappa shape index (κ2) is 6.83. The lowest BCUT2D eigenvalue weighted by Gasteiger charge is -2.07. The Balaban J connectivity index is 2.30. The first-order valence-corrected chi connectivity index (χ1v) is 6.12. The minimum atomic E-state index is -0.221. The molecule has 0 bridgehead atoms. The molecule has 5 heteroatoms. The van der Waals surface area contributed by atoms with Crippen molar-refractivity contribution in [1.29, 1.82) is 0 Å². The van der Waals surface area contributed by atoms with E-state index in [1.54, 1.807) is 13.0 Å². The molecule has 5 nitrogen and oxygen atoms in total. The number of amides is 1. The molecule has 100 valence electrons. The van der Waals surface area contributed by atoms with E-state index in [9.17, 15) is 9.59 Å². The zero-order valence-electron chi connectivity index (χ0n) is 11.2. The van der Waals surface area contributed by atoms with Crippen molar-refractivity contribution in [2.75, 3.05) is 13.2 Å². The Bertz CT molecular complexity index is 424. The number of carbonyl (C=O) groups excluding carboxylic acids is 2. The summed E-state index contributed by atoms with van der Waals surface area (Å²) in [5, 5.41) is 2.78. The summed E-state index contributed by atoms with van der Waals surface area (Å²) in [6, 6.07) is 3.68. The van der Waals surface area contributed by atoms with Crippen LogP contribution in [0, 0.1) is 6.92 Å². The smallest absolute Gasteiger partial charge is 0.305 e. The molecule has 0 aromatic carbocycles. The molecule has 0 saturated carbocycles. The number of rotatable bonds is 6. The molecule has 0 aliphatic carbocycles. The van der Waals surface area contributed by atoms with Gasteiger partial charge in [-0.3, -0.25) is 9.59 Å². The Morgan fingerprint density at radius 1 is 1.39 bits per heavy atom. The highest BCUT2D eigenvalue weighted by Crippen LogP contribution is 2.05. The van der Waals surface area contributed by atoms with Crippen LogP contribution >= 0.6 is 0 Å². The lowest BCUT2D eigenvalue weighted by molar-refractivity contribution is -0.143. The minimum Gasteiger partial charge on any atom is -0.466 e. The highest BCUT2D eigenvalue weighted by Gasteiger charge is 2.10. The summed E-state index contributed by atoms with van der Waals surface area (Å²) >= 11 is 0. The monoisotopic (exact) mass is 252 g/mol. The van der Waals surface area contributed by atoms with Crippen molar-refractivity contribution in [1.82, 2.24) is 9.88 Å². The van der Waals surface area contributed by atoms with Gasteiger partial charge >= 0.3 is 5.97 Å². The third kappa shape index (κ3) is 3.91. The summed E-state index contributed by atoms with van der Waals surface area (Å²) in [6.45, 7) is 4.59. The largest absolute Gasteiger partial charge is 0.466 e. The number of ether oxygens (including phenoxy) is 1. The van der Waals surface area contributed by atoms with Crippen molar-refractivity contribution in [3.8, 4) is 0 Å². The maximum Gasteiger partial charge on any atom is 0.305 e. The summed E-state index contributed by atoms with van der Waals surface area (Å²) in [5.41, 5.74) is 1.66. The van der Waals surface area contributed by atoms with E-state index < -0.39 is 0 Å². The molecule has 1 amide bonds. The molecule has 0 fully saturated rings. The molecule has 1 aromatic rings. The van der Waals surface area contributed by atoms with Crippen molar-refractivity contribution in [2.45, 2.75) is 26.7 Å². The van der Waals surface area contributed by atoms with E-state index in [1.807, 2.05) is 24.6 Å². The summed E-state index contributed by atoms with van der Waals surface area (Å²) in [4.78, 5) is 22.9. The zero-order valence-corrected chi connectivity index (χ0v) is 11.2. The maximum atomic E-state index is 11.8. The molecule has 1 heterocycles. The SMILES string of the molecule is CCOC(=O)CCCNC(=O)c1ccc(C)n1C. The third-order valence-corrected chi connectivity index (χ3v) is 2.75. The number of hydrogen-bond donors (Lipinski definition) is 1. The van der Waals surface area contributed by atoms with E-state index in [1.165, 1.54) is 0 Å². The van der Waals surface area contributed by atoms with E-state index in [0.29, 0.717) is 31.7 Å². The van der Waals surface area contributed by atoms with Gasteiger partial charge in [0.2, 0.25) is 0 Å². The fraction of sp³-hybridized carbons (Fsp3) is 0.538. The number of esters is 1. The van der Waals surface area contributed by atoms with E-state index in [2.05, 4.69) is 5.32 Å². The van der Waals surface area contributed by atoms with Gasteiger partial charge in [-0.2, -0.15) is 0 Å². The van der Waals surface area contributed by atoms with E-state index in [-0.39, 0.29) is 11.9 Å². The molecule has 0 aliphatic heterocycles. The molecule has 0 saturated heterocycles. The molecule has 0 spiro atoms. The van der Waals surface area contributed by atoms with Crippen LogP contribution in [-0.2, 0) is 16.6 Å². The van der Waals surface area contributed by atoms with Gasteiger partial charge in [0, 0.05) is 25.7 Å². The van der Waals surface area contributed by atoms with Crippen molar-refractivity contribution in [3.05, 3.63) is 23.5 Å². The minimum absolute atomic E-state index is 0.116. The average molecular weight is 252 g/mol. The van der Waals surface area contributed by atoms with Crippen LogP contribution in [0.25, 0.3) is 0 Å². The zero-order chi connectivity index (χ0) is 13.5. The Hall–Kier alpha value is -1.78. The van der Waals surface area contributed by atoms with Gasteiger partial charge in [-0.05, 0) is 32.4 Å². The summed E-state index contributed by atoms with van der Waals surface area (Å²) < 4.78 is 6.63. The summed E-state index contributed by atoms with van der Waals surface area (Å²) in [6.07, 6.45) is 0.925. The van der Waals surface area contributed by atoms with E-state index in [0.717, 1.165) is 5.69 Å². The summed E-state index contributed by atoms with van der Waals surface area (Å²) in [7, 11) is 1.85. The Labute approximate surface area is 107 Å². The van der Waals surface area contributed by atoms with Gasteiger partial charge < -0.3 is 14.6 Å². The average Bonchev–Trinajstić information content (AvgIpc) is 2.66. The third-order valence-electron chi connectivity index (χ3n) is 2.75. The number of nitrogens with zero attached hydrogens (tertiary/aromatic N) is 1. The first-order chi connectivity index (χ1) is 8.56. The van der Waals surface area contributed by atoms with Gasteiger partial charge in [0.05, 0.1) is 6.61 Å². The van der Waals surface area contributed by atoms with Gasteiger partial charge in [0.1, 0.15) is 5.69 Å². The van der Waals surface area contributed by atoms with Crippen molar-refractivity contribution in [3.63, 3.8) is 0 Å². The molecular formula is C13H20N2O3. The normalized spacial score (nSPS) is 10.2. The van der Waals surface area contributed by atoms with Gasteiger partial charge in [-0.1, -0.05) is 0 Å². The number of aromatic nitrogens is 1. The number of carbonyl (C=O) groups is 2. The van der Waals surface area contributed by atoms with E-state index in [4.69, 9.17) is 4.74 Å². The predicted molar refractivity (Wildman–Crippen MR) is 68.4 cm³/mol. The topological polar surface area (TPSA) is 60.3 Å². The molecule has 0 unspecified atom stereocenters. The Kier molecular flexibility index (Phi) is 5.42. The lowest BCUT2D eigenvalue weighted by Crippen LogP contribution is -2.27. The van der Waals surface area contributed by atoms with Crippen LogP contribution in [0.4, 0.5) is 0 Å². The number of aryl methyl sites for hydroxylation is 1. The van der Waals surface area contributed by atoms with Gasteiger partial charge in [0.15, 0.2) is 0 Å². The Morgan fingerprint density at radius 3 is 2.67 bits per heavy atom. The fourth-order valence-electron chi connectivity index (χ4n) is 1.60. The summed E-state index contributed by atoms with van der Waals surface area (Å²) in [5.74, 6) is -0.337. The van der Waals surface area contributed by atoms with Crippen molar-refractivity contribution < 1.29 is 14.3 Å². The van der Waals surface area contributed by atoms with Crippen LogP contribution in [0.15, 0.2) is 12.1 Å². The second-order valence-electron chi connectivity index (χ2n) is 4.08. The fourth-order valence-corrected chi connectivity index (χ4v) is 1.60. The second-order valence-corrected chi connectivity index (χ2v) is 4.08. The first-order valence-electron chi connectivity index (χ1n) is 6.12. The number of nitrogens with one attached hydrogen (secondary N) is 1. The Morgan fingerprint density at radius 2 is 2.11 bits per heavy atom. The predicted octanol–water partition coefficient (Wildman–Crippen LogP) is 1.41. The molecule has 1 N–H and O–H groups in total. The molecule has 0 radical (unpaired) electrons. The van der Waals surface area contributed by atoms with Crippen LogP contribution in [0.2, 0.25) is 0 Å². The molecule has 0 aliphatic rings. The lowest BCUT2D eigenvalue weighted by atomic mass is 10.3.